The molecular formula is C14H16BrNS. The van der Waals surface area contributed by atoms with Gasteiger partial charge < -0.3 is 0 Å². The fourth-order valence-electron chi connectivity index (χ4n) is 1.84. The molecule has 0 saturated heterocycles. The van der Waals surface area contributed by atoms with Crippen molar-refractivity contribution in [2.24, 2.45) is 0 Å². The molecule has 0 spiro atoms. The zero-order valence-corrected chi connectivity index (χ0v) is 12.5. The number of alkyl halides is 1. The number of aryl methyl sites for hydroxylation is 2. The van der Waals surface area contributed by atoms with Crippen molar-refractivity contribution >= 4 is 27.3 Å². The summed E-state index contributed by atoms with van der Waals surface area (Å²) < 4.78 is 0. The molecule has 1 heterocycles. The molecule has 0 N–H and O–H groups in total. The van der Waals surface area contributed by atoms with E-state index < -0.39 is 0 Å². The maximum Gasteiger partial charge on any atom is 0.0896 e. The molecule has 17 heavy (non-hydrogen) atoms. The van der Waals surface area contributed by atoms with Gasteiger partial charge in [-0.05, 0) is 31.7 Å². The molecule has 0 radical (unpaired) electrons. The van der Waals surface area contributed by atoms with Crippen LogP contribution in [0, 0.1) is 13.8 Å². The van der Waals surface area contributed by atoms with E-state index in [0.717, 1.165) is 16.8 Å². The van der Waals surface area contributed by atoms with E-state index in [2.05, 4.69) is 59.0 Å². The van der Waals surface area contributed by atoms with Gasteiger partial charge in [-0.2, -0.15) is 0 Å². The largest absolute Gasteiger partial charge is 0.250 e. The van der Waals surface area contributed by atoms with Gasteiger partial charge in [-0.1, -0.05) is 45.8 Å². The van der Waals surface area contributed by atoms with Gasteiger partial charge >= 0.3 is 0 Å². The van der Waals surface area contributed by atoms with Crippen LogP contribution >= 0.6 is 27.3 Å². The molecule has 0 aliphatic carbocycles. The summed E-state index contributed by atoms with van der Waals surface area (Å²) in [6, 6.07) is 8.83. The Bertz CT molecular complexity index is 475. The average molecular weight is 310 g/mol. The van der Waals surface area contributed by atoms with Crippen molar-refractivity contribution in [1.29, 1.82) is 0 Å². The maximum absolute atomic E-state index is 4.31. The van der Waals surface area contributed by atoms with Gasteiger partial charge in [0.05, 0.1) is 5.01 Å². The van der Waals surface area contributed by atoms with E-state index in [-0.39, 0.29) is 0 Å². The van der Waals surface area contributed by atoms with E-state index in [9.17, 15) is 0 Å². The summed E-state index contributed by atoms with van der Waals surface area (Å²) in [5, 5.41) is 2.14. The van der Waals surface area contributed by atoms with E-state index in [4.69, 9.17) is 0 Å². The summed E-state index contributed by atoms with van der Waals surface area (Å²) in [5.41, 5.74) is 2.72. The Labute approximate surface area is 115 Å². The van der Waals surface area contributed by atoms with Gasteiger partial charge in [-0.15, -0.1) is 11.3 Å². The highest BCUT2D eigenvalue weighted by Gasteiger charge is 2.12. The standard InChI is InChI=1S/C14H16BrNS/c1-10-3-5-12(6-4-10)13(8-15)7-14-9-16-11(2)17-14/h3-6,9,13H,7-8H2,1-2H3. The van der Waals surface area contributed by atoms with Crippen LogP contribution in [0.25, 0.3) is 0 Å². The molecule has 1 unspecified atom stereocenters. The molecule has 0 aliphatic heterocycles. The summed E-state index contributed by atoms with van der Waals surface area (Å²) >= 11 is 5.42. The second-order valence-electron chi connectivity index (χ2n) is 4.31. The zero-order chi connectivity index (χ0) is 12.3. The second kappa shape index (κ2) is 5.78. The normalized spacial score (nSPS) is 12.6. The summed E-state index contributed by atoms with van der Waals surface area (Å²) in [7, 11) is 0. The van der Waals surface area contributed by atoms with Crippen LogP contribution in [0.2, 0.25) is 0 Å². The lowest BCUT2D eigenvalue weighted by Crippen LogP contribution is -2.03. The first-order valence-corrected chi connectivity index (χ1v) is 7.66. The Hall–Kier alpha value is -0.670. The van der Waals surface area contributed by atoms with Crippen molar-refractivity contribution in [2.75, 3.05) is 5.33 Å². The highest BCUT2D eigenvalue weighted by molar-refractivity contribution is 9.09. The summed E-state index contributed by atoms with van der Waals surface area (Å²) in [6.45, 7) is 4.18. The van der Waals surface area contributed by atoms with Crippen LogP contribution in [0.4, 0.5) is 0 Å². The molecule has 2 aromatic rings. The van der Waals surface area contributed by atoms with Gasteiger partial charge in [-0.25, -0.2) is 4.98 Å². The van der Waals surface area contributed by atoms with Crippen LogP contribution in [-0.2, 0) is 6.42 Å². The third-order valence-corrected chi connectivity index (χ3v) is 4.57. The third-order valence-electron chi connectivity index (χ3n) is 2.85. The molecule has 1 aromatic heterocycles. The van der Waals surface area contributed by atoms with Gasteiger partial charge in [0, 0.05) is 16.4 Å². The van der Waals surface area contributed by atoms with Crippen LogP contribution in [0.15, 0.2) is 30.5 Å². The molecule has 2 rings (SSSR count). The second-order valence-corrected chi connectivity index (χ2v) is 6.28. The molecule has 3 heteroatoms. The number of benzene rings is 1. The van der Waals surface area contributed by atoms with E-state index >= 15 is 0 Å². The molecule has 0 aliphatic rings. The average Bonchev–Trinajstić information content (AvgIpc) is 2.73. The number of nitrogens with zero attached hydrogens (tertiary/aromatic N) is 1. The van der Waals surface area contributed by atoms with Crippen molar-refractivity contribution < 1.29 is 0 Å². The molecule has 0 amide bonds. The van der Waals surface area contributed by atoms with Gasteiger partial charge in [0.15, 0.2) is 0 Å². The van der Waals surface area contributed by atoms with Gasteiger partial charge in [0.25, 0.3) is 0 Å². The minimum absolute atomic E-state index is 0.537. The van der Waals surface area contributed by atoms with Gasteiger partial charge in [-0.3, -0.25) is 0 Å². The van der Waals surface area contributed by atoms with E-state index in [1.165, 1.54) is 16.0 Å². The van der Waals surface area contributed by atoms with Crippen molar-refractivity contribution in [3.8, 4) is 0 Å². The topological polar surface area (TPSA) is 12.9 Å². The highest BCUT2D eigenvalue weighted by Crippen LogP contribution is 2.25. The van der Waals surface area contributed by atoms with E-state index in [1.54, 1.807) is 11.3 Å². The van der Waals surface area contributed by atoms with Gasteiger partial charge in [0.2, 0.25) is 0 Å². The minimum Gasteiger partial charge on any atom is -0.250 e. The van der Waals surface area contributed by atoms with Crippen molar-refractivity contribution in [3.05, 3.63) is 51.5 Å². The Morgan fingerprint density at radius 3 is 2.47 bits per heavy atom. The number of hydrogen-bond acceptors (Lipinski definition) is 2. The third kappa shape index (κ3) is 3.39. The number of halogens is 1. The predicted octanol–water partition coefficient (Wildman–Crippen LogP) is 4.48. The number of thiazole rings is 1. The van der Waals surface area contributed by atoms with Gasteiger partial charge in [0.1, 0.15) is 0 Å². The quantitative estimate of drug-likeness (QED) is 0.759. The smallest absolute Gasteiger partial charge is 0.0896 e. The summed E-state index contributed by atoms with van der Waals surface area (Å²) in [5.74, 6) is 0.537. The van der Waals surface area contributed by atoms with E-state index in [0.29, 0.717) is 5.92 Å². The fraction of sp³-hybridized carbons (Fsp3) is 0.357. The summed E-state index contributed by atoms with van der Waals surface area (Å²) in [4.78, 5) is 5.68. The van der Waals surface area contributed by atoms with Crippen molar-refractivity contribution in [3.63, 3.8) is 0 Å². The number of hydrogen-bond donors (Lipinski definition) is 0. The predicted molar refractivity (Wildman–Crippen MR) is 78.3 cm³/mol. The molecule has 90 valence electrons. The number of rotatable bonds is 4. The lowest BCUT2D eigenvalue weighted by atomic mass is 9.96. The highest BCUT2D eigenvalue weighted by atomic mass is 79.9. The monoisotopic (exact) mass is 309 g/mol. The van der Waals surface area contributed by atoms with Crippen LogP contribution in [0.1, 0.15) is 26.9 Å². The maximum atomic E-state index is 4.31. The first-order valence-electron chi connectivity index (χ1n) is 5.73. The Morgan fingerprint density at radius 1 is 1.24 bits per heavy atom. The Balaban J connectivity index is 2.13. The molecule has 0 bridgehead atoms. The van der Waals surface area contributed by atoms with Crippen molar-refractivity contribution in [1.82, 2.24) is 4.98 Å². The Morgan fingerprint density at radius 2 is 1.94 bits per heavy atom. The molecule has 0 fully saturated rings. The van der Waals surface area contributed by atoms with Crippen LogP contribution in [-0.4, -0.2) is 10.3 Å². The van der Waals surface area contributed by atoms with E-state index in [1.807, 2.05) is 6.20 Å². The lowest BCUT2D eigenvalue weighted by molar-refractivity contribution is 0.784. The first kappa shape index (κ1) is 12.8. The van der Waals surface area contributed by atoms with Crippen LogP contribution in [0.3, 0.4) is 0 Å². The summed E-state index contributed by atoms with van der Waals surface area (Å²) in [6.07, 6.45) is 3.07. The molecule has 1 aromatic carbocycles. The molecule has 1 atom stereocenters. The van der Waals surface area contributed by atoms with Crippen LogP contribution < -0.4 is 0 Å². The number of aromatic nitrogens is 1. The fourth-order valence-corrected chi connectivity index (χ4v) is 3.32. The van der Waals surface area contributed by atoms with Crippen LogP contribution in [0.5, 0.6) is 0 Å². The van der Waals surface area contributed by atoms with Crippen molar-refractivity contribution in [2.45, 2.75) is 26.2 Å². The molecule has 1 nitrogen and oxygen atoms in total. The minimum atomic E-state index is 0.537. The zero-order valence-electron chi connectivity index (χ0n) is 10.1. The molecule has 0 saturated carbocycles. The Kier molecular flexibility index (Phi) is 4.35. The molecular weight excluding hydrogens is 294 g/mol. The lowest BCUT2D eigenvalue weighted by Gasteiger charge is -2.13. The first-order chi connectivity index (χ1) is 8.19. The SMILES string of the molecule is Cc1ccc(C(CBr)Cc2cnc(C)s2)cc1.